The zero-order valence-electron chi connectivity index (χ0n) is 7.54. The fourth-order valence-corrected chi connectivity index (χ4v) is 1.77. The van der Waals surface area contributed by atoms with Gasteiger partial charge in [0.05, 0.1) is 0 Å². The van der Waals surface area contributed by atoms with Gasteiger partial charge in [0.25, 0.3) is 0 Å². The highest BCUT2D eigenvalue weighted by Gasteiger charge is 2.30. The molecule has 4 heteroatoms. The van der Waals surface area contributed by atoms with E-state index < -0.39 is 0 Å². The van der Waals surface area contributed by atoms with Crippen molar-refractivity contribution in [3.05, 3.63) is 34.6 Å². The van der Waals surface area contributed by atoms with Crippen LogP contribution in [-0.4, -0.2) is 0 Å². The molecule has 0 saturated heterocycles. The summed E-state index contributed by atoms with van der Waals surface area (Å²) in [5, 5.41) is 0.444. The normalized spacial score (nSPS) is 17.4. The average Bonchev–Trinajstić information content (AvgIpc) is 2.85. The Labute approximate surface area is 93.8 Å². The fourth-order valence-electron chi connectivity index (χ4n) is 1.48. The third kappa shape index (κ3) is 2.38. The third-order valence-corrected chi connectivity index (χ3v) is 2.78. The van der Waals surface area contributed by atoms with E-state index in [1.165, 1.54) is 12.1 Å². The molecule has 0 spiro atoms. The molecule has 0 amide bonds. The average molecular weight is 236 g/mol. The van der Waals surface area contributed by atoms with Gasteiger partial charge in [-0.3, -0.25) is 0 Å². The molecule has 1 aliphatic rings. The molecule has 0 aliphatic heterocycles. The molecular weight excluding hydrogens is 224 g/mol. The molecule has 1 aromatic carbocycles. The summed E-state index contributed by atoms with van der Waals surface area (Å²) in [5.74, 6) is 0.236. The van der Waals surface area contributed by atoms with E-state index in [9.17, 15) is 4.39 Å². The van der Waals surface area contributed by atoms with Gasteiger partial charge in [0, 0.05) is 11.1 Å². The lowest BCUT2D eigenvalue weighted by Crippen LogP contribution is -2.12. The molecule has 14 heavy (non-hydrogen) atoms. The van der Waals surface area contributed by atoms with E-state index >= 15 is 0 Å². The molecule has 0 unspecified atom stereocenters. The Morgan fingerprint density at radius 3 is 2.57 bits per heavy atom. The first kappa shape index (κ1) is 11.8. The molecule has 0 radical (unpaired) electrons. The molecule has 1 aliphatic carbocycles. The SMILES string of the molecule is Cl.N[C@H](c1ccc(F)cc1Cl)C1CC1. The second kappa shape index (κ2) is 4.47. The van der Waals surface area contributed by atoms with Crippen molar-refractivity contribution in [2.45, 2.75) is 18.9 Å². The fraction of sp³-hybridized carbons (Fsp3) is 0.400. The van der Waals surface area contributed by atoms with Crippen LogP contribution in [0.25, 0.3) is 0 Å². The Hall–Kier alpha value is -0.310. The van der Waals surface area contributed by atoms with Crippen LogP contribution >= 0.6 is 24.0 Å². The lowest BCUT2D eigenvalue weighted by atomic mass is 10.0. The van der Waals surface area contributed by atoms with Crippen molar-refractivity contribution in [2.75, 3.05) is 0 Å². The summed E-state index contributed by atoms with van der Waals surface area (Å²) in [7, 11) is 0. The summed E-state index contributed by atoms with van der Waals surface area (Å²) in [6.45, 7) is 0. The predicted molar refractivity (Wildman–Crippen MR) is 58.3 cm³/mol. The predicted octanol–water partition coefficient (Wildman–Crippen LogP) is 3.31. The Kier molecular flexibility index (Phi) is 3.76. The largest absolute Gasteiger partial charge is 0.324 e. The minimum atomic E-state index is -0.309. The zero-order valence-corrected chi connectivity index (χ0v) is 9.11. The number of hydrogen-bond acceptors (Lipinski definition) is 1. The zero-order chi connectivity index (χ0) is 9.42. The van der Waals surface area contributed by atoms with Gasteiger partial charge in [0.1, 0.15) is 5.82 Å². The molecular formula is C10H12Cl2FN. The third-order valence-electron chi connectivity index (χ3n) is 2.45. The van der Waals surface area contributed by atoms with Crippen molar-refractivity contribution in [2.24, 2.45) is 11.7 Å². The molecule has 0 heterocycles. The summed E-state index contributed by atoms with van der Waals surface area (Å²) < 4.78 is 12.7. The highest BCUT2D eigenvalue weighted by atomic mass is 35.5. The van der Waals surface area contributed by atoms with Gasteiger partial charge in [-0.2, -0.15) is 0 Å². The van der Waals surface area contributed by atoms with Crippen LogP contribution in [0.2, 0.25) is 5.02 Å². The van der Waals surface area contributed by atoms with Crippen molar-refractivity contribution < 1.29 is 4.39 Å². The van der Waals surface area contributed by atoms with Crippen molar-refractivity contribution in [3.63, 3.8) is 0 Å². The summed E-state index contributed by atoms with van der Waals surface area (Å²) in [6.07, 6.45) is 2.32. The number of nitrogens with two attached hydrogens (primary N) is 1. The second-order valence-electron chi connectivity index (χ2n) is 3.53. The number of benzene rings is 1. The standard InChI is InChI=1S/C10H11ClFN.ClH/c11-9-5-7(12)3-4-8(9)10(13)6-1-2-6;/h3-6,10H,1-2,13H2;1H/t10-;/m0./s1. The summed E-state index contributed by atoms with van der Waals surface area (Å²) in [4.78, 5) is 0. The lowest BCUT2D eigenvalue weighted by molar-refractivity contribution is 0.613. The van der Waals surface area contributed by atoms with E-state index in [-0.39, 0.29) is 24.3 Å². The Morgan fingerprint density at radius 1 is 1.43 bits per heavy atom. The monoisotopic (exact) mass is 235 g/mol. The first-order valence-corrected chi connectivity index (χ1v) is 4.77. The van der Waals surface area contributed by atoms with Crippen LogP contribution in [0.5, 0.6) is 0 Å². The van der Waals surface area contributed by atoms with Crippen molar-refractivity contribution >= 4 is 24.0 Å². The molecule has 0 aromatic heterocycles. The maximum atomic E-state index is 12.7. The maximum absolute atomic E-state index is 12.7. The minimum Gasteiger partial charge on any atom is -0.324 e. The van der Waals surface area contributed by atoms with Gasteiger partial charge in [0.2, 0.25) is 0 Å². The van der Waals surface area contributed by atoms with E-state index in [0.717, 1.165) is 18.4 Å². The summed E-state index contributed by atoms with van der Waals surface area (Å²) in [5.41, 5.74) is 6.81. The van der Waals surface area contributed by atoms with Gasteiger partial charge in [-0.1, -0.05) is 17.7 Å². The molecule has 1 aromatic rings. The molecule has 1 fully saturated rings. The van der Waals surface area contributed by atoms with Crippen LogP contribution in [0, 0.1) is 11.7 Å². The first-order valence-electron chi connectivity index (χ1n) is 4.39. The summed E-state index contributed by atoms with van der Waals surface area (Å²) in [6, 6.07) is 4.39. The van der Waals surface area contributed by atoms with Crippen LogP contribution in [0.15, 0.2) is 18.2 Å². The van der Waals surface area contributed by atoms with E-state index in [4.69, 9.17) is 17.3 Å². The molecule has 1 atom stereocenters. The maximum Gasteiger partial charge on any atom is 0.124 e. The molecule has 1 nitrogen and oxygen atoms in total. The molecule has 78 valence electrons. The van der Waals surface area contributed by atoms with E-state index in [2.05, 4.69) is 0 Å². The number of hydrogen-bond donors (Lipinski definition) is 1. The van der Waals surface area contributed by atoms with Gasteiger partial charge in [-0.25, -0.2) is 4.39 Å². The molecule has 2 N–H and O–H groups in total. The lowest BCUT2D eigenvalue weighted by Gasteiger charge is -2.12. The highest BCUT2D eigenvalue weighted by Crippen LogP contribution is 2.41. The van der Waals surface area contributed by atoms with Gasteiger partial charge in [0.15, 0.2) is 0 Å². The van der Waals surface area contributed by atoms with Crippen molar-refractivity contribution in [3.8, 4) is 0 Å². The number of rotatable bonds is 2. The van der Waals surface area contributed by atoms with Gasteiger partial charge in [-0.15, -0.1) is 12.4 Å². The molecule has 0 bridgehead atoms. The summed E-state index contributed by atoms with van der Waals surface area (Å²) >= 11 is 5.88. The Balaban J connectivity index is 0.000000980. The molecule has 2 rings (SSSR count). The van der Waals surface area contributed by atoms with Crippen molar-refractivity contribution in [1.29, 1.82) is 0 Å². The van der Waals surface area contributed by atoms with Crippen LogP contribution < -0.4 is 5.73 Å². The quantitative estimate of drug-likeness (QED) is 0.837. The Morgan fingerprint density at radius 2 is 2.07 bits per heavy atom. The minimum absolute atomic E-state index is 0. The topological polar surface area (TPSA) is 26.0 Å². The van der Waals surface area contributed by atoms with Crippen LogP contribution in [0.3, 0.4) is 0 Å². The van der Waals surface area contributed by atoms with E-state index in [1.54, 1.807) is 6.07 Å². The van der Waals surface area contributed by atoms with Crippen molar-refractivity contribution in [1.82, 2.24) is 0 Å². The van der Waals surface area contributed by atoms with Gasteiger partial charge >= 0.3 is 0 Å². The highest BCUT2D eigenvalue weighted by molar-refractivity contribution is 6.31. The van der Waals surface area contributed by atoms with Gasteiger partial charge < -0.3 is 5.73 Å². The van der Waals surface area contributed by atoms with Crippen LogP contribution in [-0.2, 0) is 0 Å². The molecule has 1 saturated carbocycles. The second-order valence-corrected chi connectivity index (χ2v) is 3.94. The Bertz CT molecular complexity index is 326. The van der Waals surface area contributed by atoms with Gasteiger partial charge in [-0.05, 0) is 36.5 Å². The smallest absolute Gasteiger partial charge is 0.124 e. The van der Waals surface area contributed by atoms with Crippen LogP contribution in [0.4, 0.5) is 4.39 Å². The number of halogens is 3. The van der Waals surface area contributed by atoms with Crippen LogP contribution in [0.1, 0.15) is 24.4 Å². The van der Waals surface area contributed by atoms with E-state index in [1.807, 2.05) is 0 Å². The first-order chi connectivity index (χ1) is 6.18. The van der Waals surface area contributed by atoms with E-state index in [0.29, 0.717) is 10.9 Å².